The Hall–Kier alpha value is -3.43. The van der Waals surface area contributed by atoms with Crippen molar-refractivity contribution in [2.45, 2.75) is 77.6 Å². The summed E-state index contributed by atoms with van der Waals surface area (Å²) in [6, 6.07) is 4.79. The van der Waals surface area contributed by atoms with E-state index in [9.17, 15) is 24.0 Å². The summed E-state index contributed by atoms with van der Waals surface area (Å²) in [5.74, 6) is -0.799. The Morgan fingerprint density at radius 2 is 1.83 bits per heavy atom. The van der Waals surface area contributed by atoms with E-state index in [1.54, 1.807) is 11.0 Å². The van der Waals surface area contributed by atoms with E-state index in [2.05, 4.69) is 10.6 Å². The fourth-order valence-electron chi connectivity index (χ4n) is 4.92. The van der Waals surface area contributed by atoms with Crippen molar-refractivity contribution in [1.82, 2.24) is 20.4 Å². The van der Waals surface area contributed by atoms with Gasteiger partial charge in [0.1, 0.15) is 11.6 Å². The number of piperidine rings is 2. The van der Waals surface area contributed by atoms with E-state index in [0.717, 1.165) is 24.0 Å². The zero-order chi connectivity index (χ0) is 26.0. The van der Waals surface area contributed by atoms with E-state index in [0.29, 0.717) is 44.6 Å². The minimum atomic E-state index is -0.646. The lowest BCUT2D eigenvalue weighted by molar-refractivity contribution is -0.137. The zero-order valence-electron chi connectivity index (χ0n) is 21.1. The molecule has 3 aliphatic rings. The number of benzene rings is 1. The molecule has 0 aliphatic carbocycles. The molecule has 36 heavy (non-hydrogen) atoms. The summed E-state index contributed by atoms with van der Waals surface area (Å²) in [7, 11) is 0. The van der Waals surface area contributed by atoms with E-state index in [4.69, 9.17) is 4.74 Å². The number of ether oxygens (including phenoxy) is 1. The van der Waals surface area contributed by atoms with Crippen molar-refractivity contribution in [3.8, 4) is 0 Å². The minimum Gasteiger partial charge on any atom is -0.444 e. The van der Waals surface area contributed by atoms with Gasteiger partial charge in [-0.15, -0.1) is 0 Å². The number of hydrogen-bond donors (Lipinski definition) is 2. The van der Waals surface area contributed by atoms with Crippen LogP contribution in [0.15, 0.2) is 18.2 Å². The van der Waals surface area contributed by atoms with Gasteiger partial charge in [0.05, 0.1) is 0 Å². The van der Waals surface area contributed by atoms with Crippen LogP contribution in [0.2, 0.25) is 0 Å². The summed E-state index contributed by atoms with van der Waals surface area (Å²) in [6.07, 6.45) is 2.14. The number of fused-ring (bicyclic) bond motifs is 1. The SMILES string of the molecule is CC(C)(C)OC(=O)N1CCC(CC(=O)NCc2ccc3c(c2)CN(C2CCC(=O)NC2=O)C3=O)CC1. The Morgan fingerprint density at radius 3 is 2.50 bits per heavy atom. The number of imide groups is 1. The second-order valence-corrected chi connectivity index (χ2v) is 10.8. The van der Waals surface area contributed by atoms with Gasteiger partial charge in [-0.25, -0.2) is 4.79 Å². The molecule has 1 aromatic carbocycles. The number of nitrogens with one attached hydrogen (secondary N) is 2. The zero-order valence-corrected chi connectivity index (χ0v) is 21.1. The van der Waals surface area contributed by atoms with Crippen molar-refractivity contribution in [3.63, 3.8) is 0 Å². The highest BCUT2D eigenvalue weighted by molar-refractivity contribution is 6.05. The molecule has 5 amide bonds. The van der Waals surface area contributed by atoms with Gasteiger partial charge in [0.15, 0.2) is 0 Å². The molecule has 0 aromatic heterocycles. The molecular formula is C26H34N4O6. The van der Waals surface area contributed by atoms with Crippen LogP contribution < -0.4 is 10.6 Å². The predicted molar refractivity (Wildman–Crippen MR) is 129 cm³/mol. The lowest BCUT2D eigenvalue weighted by Crippen LogP contribution is -2.52. The highest BCUT2D eigenvalue weighted by Crippen LogP contribution is 2.28. The van der Waals surface area contributed by atoms with Crippen LogP contribution in [0.3, 0.4) is 0 Å². The van der Waals surface area contributed by atoms with Gasteiger partial charge in [0.25, 0.3) is 5.91 Å². The number of rotatable bonds is 5. The van der Waals surface area contributed by atoms with Gasteiger partial charge in [-0.2, -0.15) is 0 Å². The van der Waals surface area contributed by atoms with Gasteiger partial charge < -0.3 is 19.9 Å². The fraction of sp³-hybridized carbons (Fsp3) is 0.577. The molecular weight excluding hydrogens is 464 g/mol. The third kappa shape index (κ3) is 6.03. The maximum atomic E-state index is 12.8. The van der Waals surface area contributed by atoms with Crippen LogP contribution in [0.25, 0.3) is 0 Å². The highest BCUT2D eigenvalue weighted by Gasteiger charge is 2.39. The number of hydrogen-bond acceptors (Lipinski definition) is 6. The number of carbonyl (C=O) groups is 5. The van der Waals surface area contributed by atoms with Gasteiger partial charge in [0, 0.05) is 44.6 Å². The average Bonchev–Trinajstić information content (AvgIpc) is 3.12. The van der Waals surface area contributed by atoms with Crippen molar-refractivity contribution in [2.24, 2.45) is 5.92 Å². The summed E-state index contributed by atoms with van der Waals surface area (Å²) in [5, 5.41) is 5.26. The lowest BCUT2D eigenvalue weighted by atomic mass is 9.93. The van der Waals surface area contributed by atoms with Crippen molar-refractivity contribution < 1.29 is 28.7 Å². The number of nitrogens with zero attached hydrogens (tertiary/aromatic N) is 2. The Morgan fingerprint density at radius 1 is 1.11 bits per heavy atom. The quantitative estimate of drug-likeness (QED) is 0.599. The van der Waals surface area contributed by atoms with Crippen LogP contribution in [0.5, 0.6) is 0 Å². The normalized spacial score (nSPS) is 20.8. The van der Waals surface area contributed by atoms with Crippen molar-refractivity contribution in [2.75, 3.05) is 13.1 Å². The third-order valence-corrected chi connectivity index (χ3v) is 6.82. The molecule has 1 unspecified atom stereocenters. The largest absolute Gasteiger partial charge is 0.444 e. The molecule has 0 saturated carbocycles. The Bertz CT molecular complexity index is 1070. The topological polar surface area (TPSA) is 125 Å². The summed E-state index contributed by atoms with van der Waals surface area (Å²) in [5.41, 5.74) is 1.71. The van der Waals surface area contributed by atoms with Gasteiger partial charge in [0.2, 0.25) is 17.7 Å². The molecule has 2 N–H and O–H groups in total. The first kappa shape index (κ1) is 25.7. The minimum absolute atomic E-state index is 0.0486. The number of amides is 5. The Kier molecular flexibility index (Phi) is 7.33. The van der Waals surface area contributed by atoms with E-state index >= 15 is 0 Å². The summed E-state index contributed by atoms with van der Waals surface area (Å²) in [6.45, 7) is 7.33. The van der Waals surface area contributed by atoms with Crippen LogP contribution in [-0.4, -0.2) is 64.3 Å². The van der Waals surface area contributed by atoms with Crippen molar-refractivity contribution in [3.05, 3.63) is 34.9 Å². The number of likely N-dealkylation sites (tertiary alicyclic amines) is 1. The van der Waals surface area contributed by atoms with Crippen molar-refractivity contribution in [1.29, 1.82) is 0 Å². The number of carbonyl (C=O) groups excluding carboxylic acids is 5. The molecule has 0 spiro atoms. The molecule has 10 heteroatoms. The molecule has 2 fully saturated rings. The van der Waals surface area contributed by atoms with Crippen LogP contribution in [0.4, 0.5) is 4.79 Å². The van der Waals surface area contributed by atoms with Gasteiger partial charge in [-0.1, -0.05) is 12.1 Å². The van der Waals surface area contributed by atoms with Crippen LogP contribution in [-0.2, 0) is 32.2 Å². The van der Waals surface area contributed by atoms with Crippen molar-refractivity contribution >= 4 is 29.7 Å². The first-order valence-electron chi connectivity index (χ1n) is 12.5. The summed E-state index contributed by atoms with van der Waals surface area (Å²) in [4.78, 5) is 64.4. The van der Waals surface area contributed by atoms with Crippen LogP contribution in [0.1, 0.15) is 74.4 Å². The van der Waals surface area contributed by atoms with Gasteiger partial charge >= 0.3 is 6.09 Å². The Labute approximate surface area is 210 Å². The van der Waals surface area contributed by atoms with Crippen LogP contribution >= 0.6 is 0 Å². The highest BCUT2D eigenvalue weighted by atomic mass is 16.6. The van der Waals surface area contributed by atoms with E-state index < -0.39 is 17.6 Å². The first-order valence-corrected chi connectivity index (χ1v) is 12.5. The van der Waals surface area contributed by atoms with E-state index in [-0.39, 0.29) is 36.2 Å². The molecule has 194 valence electrons. The summed E-state index contributed by atoms with van der Waals surface area (Å²) >= 11 is 0. The molecule has 3 heterocycles. The van der Waals surface area contributed by atoms with E-state index in [1.807, 2.05) is 32.9 Å². The third-order valence-electron chi connectivity index (χ3n) is 6.82. The molecule has 0 radical (unpaired) electrons. The molecule has 2 saturated heterocycles. The molecule has 1 atom stereocenters. The predicted octanol–water partition coefficient (Wildman–Crippen LogP) is 2.10. The fourth-order valence-corrected chi connectivity index (χ4v) is 4.92. The Balaban J connectivity index is 1.24. The lowest BCUT2D eigenvalue weighted by Gasteiger charge is -2.33. The van der Waals surface area contributed by atoms with Crippen LogP contribution in [0, 0.1) is 5.92 Å². The van der Waals surface area contributed by atoms with Gasteiger partial charge in [-0.3, -0.25) is 24.5 Å². The molecule has 10 nitrogen and oxygen atoms in total. The van der Waals surface area contributed by atoms with Gasteiger partial charge in [-0.05, 0) is 63.1 Å². The maximum absolute atomic E-state index is 12.8. The monoisotopic (exact) mass is 498 g/mol. The molecule has 1 aromatic rings. The summed E-state index contributed by atoms with van der Waals surface area (Å²) < 4.78 is 5.42. The second kappa shape index (κ2) is 10.3. The average molecular weight is 499 g/mol. The maximum Gasteiger partial charge on any atom is 0.410 e. The molecule has 4 rings (SSSR count). The molecule has 3 aliphatic heterocycles. The smallest absolute Gasteiger partial charge is 0.410 e. The second-order valence-electron chi connectivity index (χ2n) is 10.8. The van der Waals surface area contributed by atoms with E-state index in [1.165, 1.54) is 4.90 Å². The standard InChI is InChI=1S/C26H34N4O6/c1-26(2,3)36-25(35)29-10-8-16(9-11-29)13-22(32)27-14-17-4-5-19-18(12-17)15-30(24(19)34)20-6-7-21(31)28-23(20)33/h4-5,12,16,20H,6-11,13-15H2,1-3H3,(H,27,32)(H,28,31,33). The first-order chi connectivity index (χ1) is 17.0. The molecule has 0 bridgehead atoms.